The molecule has 0 radical (unpaired) electrons. The van der Waals surface area contributed by atoms with E-state index in [9.17, 15) is 5.11 Å². The monoisotopic (exact) mass is 285 g/mol. The van der Waals surface area contributed by atoms with E-state index in [2.05, 4.69) is 31.3 Å². The fourth-order valence-electron chi connectivity index (χ4n) is 3.16. The van der Waals surface area contributed by atoms with E-state index in [0.29, 0.717) is 18.3 Å². The van der Waals surface area contributed by atoms with Crippen molar-refractivity contribution >= 4 is 10.8 Å². The lowest BCUT2D eigenvalue weighted by Crippen LogP contribution is -2.43. The van der Waals surface area contributed by atoms with Crippen molar-refractivity contribution in [3.05, 3.63) is 42.0 Å². The number of phenols is 1. The number of fused-ring (bicyclic) bond motifs is 1. The van der Waals surface area contributed by atoms with E-state index in [1.165, 1.54) is 5.39 Å². The summed E-state index contributed by atoms with van der Waals surface area (Å²) in [4.78, 5) is 0. The minimum Gasteiger partial charge on any atom is -0.508 e. The van der Waals surface area contributed by atoms with Crippen LogP contribution in [0.5, 0.6) is 5.75 Å². The van der Waals surface area contributed by atoms with Crippen LogP contribution in [0.4, 0.5) is 0 Å². The number of ether oxygens (including phenoxy) is 1. The molecule has 3 nitrogen and oxygen atoms in total. The van der Waals surface area contributed by atoms with E-state index >= 15 is 0 Å². The standard InChI is InChI=1S/C18H23NO2/c1-18(2)11-14(9-10-21-18)19-12-16-15-6-4-3-5-13(15)7-8-17(16)20/h3-8,14,19-20H,9-12H2,1-2H3. The first-order valence-corrected chi connectivity index (χ1v) is 7.62. The second kappa shape index (κ2) is 5.66. The molecule has 3 rings (SSSR count). The van der Waals surface area contributed by atoms with Crippen molar-refractivity contribution in [2.24, 2.45) is 0 Å². The molecular weight excluding hydrogens is 262 g/mol. The summed E-state index contributed by atoms with van der Waals surface area (Å²) in [6.45, 7) is 5.76. The Labute approximate surface area is 125 Å². The molecule has 1 unspecified atom stereocenters. The molecule has 1 aliphatic heterocycles. The van der Waals surface area contributed by atoms with Crippen molar-refractivity contribution in [1.82, 2.24) is 5.32 Å². The highest BCUT2D eigenvalue weighted by atomic mass is 16.5. The fraction of sp³-hybridized carbons (Fsp3) is 0.444. The summed E-state index contributed by atoms with van der Waals surface area (Å²) in [7, 11) is 0. The van der Waals surface area contributed by atoms with Crippen LogP contribution in [0.25, 0.3) is 10.8 Å². The molecule has 0 saturated carbocycles. The normalized spacial score (nSPS) is 21.5. The molecule has 1 fully saturated rings. The van der Waals surface area contributed by atoms with Gasteiger partial charge in [0, 0.05) is 24.8 Å². The van der Waals surface area contributed by atoms with E-state index in [4.69, 9.17) is 4.74 Å². The van der Waals surface area contributed by atoms with Crippen LogP contribution in [0.2, 0.25) is 0 Å². The van der Waals surface area contributed by atoms with Gasteiger partial charge in [-0.3, -0.25) is 0 Å². The summed E-state index contributed by atoms with van der Waals surface area (Å²) in [5.41, 5.74) is 0.925. The Morgan fingerprint density at radius 1 is 1.24 bits per heavy atom. The van der Waals surface area contributed by atoms with Gasteiger partial charge in [0.25, 0.3) is 0 Å². The van der Waals surface area contributed by atoms with Gasteiger partial charge in [0.2, 0.25) is 0 Å². The van der Waals surface area contributed by atoms with Crippen molar-refractivity contribution in [2.75, 3.05) is 6.61 Å². The van der Waals surface area contributed by atoms with Crippen molar-refractivity contribution in [3.8, 4) is 5.75 Å². The van der Waals surface area contributed by atoms with Crippen LogP contribution in [-0.4, -0.2) is 23.4 Å². The Kier molecular flexibility index (Phi) is 3.87. The highest BCUT2D eigenvalue weighted by Crippen LogP contribution is 2.28. The van der Waals surface area contributed by atoms with Crippen molar-refractivity contribution in [3.63, 3.8) is 0 Å². The van der Waals surface area contributed by atoms with Crippen LogP contribution in [0.3, 0.4) is 0 Å². The molecule has 21 heavy (non-hydrogen) atoms. The Morgan fingerprint density at radius 3 is 2.86 bits per heavy atom. The van der Waals surface area contributed by atoms with E-state index < -0.39 is 0 Å². The number of benzene rings is 2. The quantitative estimate of drug-likeness (QED) is 0.905. The topological polar surface area (TPSA) is 41.5 Å². The molecule has 3 heteroatoms. The third-order valence-electron chi connectivity index (χ3n) is 4.28. The summed E-state index contributed by atoms with van der Waals surface area (Å²) >= 11 is 0. The molecule has 112 valence electrons. The predicted octanol–water partition coefficient (Wildman–Crippen LogP) is 3.59. The van der Waals surface area contributed by atoms with E-state index in [1.54, 1.807) is 6.07 Å². The maximum absolute atomic E-state index is 10.2. The summed E-state index contributed by atoms with van der Waals surface area (Å²) in [6, 6.07) is 12.4. The van der Waals surface area contributed by atoms with E-state index in [-0.39, 0.29) is 5.60 Å². The highest BCUT2D eigenvalue weighted by molar-refractivity contribution is 5.87. The molecule has 0 aromatic heterocycles. The van der Waals surface area contributed by atoms with Crippen molar-refractivity contribution in [2.45, 2.75) is 44.9 Å². The zero-order chi connectivity index (χ0) is 14.9. The molecule has 2 aromatic rings. The molecule has 1 heterocycles. The Bertz CT molecular complexity index is 636. The predicted molar refractivity (Wildman–Crippen MR) is 85.5 cm³/mol. The maximum Gasteiger partial charge on any atom is 0.120 e. The molecule has 2 aromatic carbocycles. The summed E-state index contributed by atoms with van der Waals surface area (Å²) in [5, 5.41) is 16.1. The van der Waals surface area contributed by atoms with Gasteiger partial charge in [-0.15, -0.1) is 0 Å². The maximum atomic E-state index is 10.2. The molecular formula is C18H23NO2. The first kappa shape index (κ1) is 14.4. The second-order valence-electron chi connectivity index (χ2n) is 6.46. The molecule has 1 aliphatic rings. The Morgan fingerprint density at radius 2 is 2.05 bits per heavy atom. The van der Waals surface area contributed by atoms with Gasteiger partial charge in [0.15, 0.2) is 0 Å². The molecule has 0 aliphatic carbocycles. The molecule has 0 amide bonds. The Hall–Kier alpha value is -1.58. The van der Waals surface area contributed by atoms with Crippen LogP contribution >= 0.6 is 0 Å². The van der Waals surface area contributed by atoms with Crippen molar-refractivity contribution in [1.29, 1.82) is 0 Å². The van der Waals surface area contributed by atoms with Gasteiger partial charge in [-0.05, 0) is 43.5 Å². The number of aromatic hydroxyl groups is 1. The average Bonchev–Trinajstić information content (AvgIpc) is 2.45. The Balaban J connectivity index is 1.77. The minimum atomic E-state index is -0.0588. The lowest BCUT2D eigenvalue weighted by molar-refractivity contribution is -0.0630. The van der Waals surface area contributed by atoms with E-state index in [0.717, 1.165) is 30.4 Å². The zero-order valence-corrected chi connectivity index (χ0v) is 12.7. The molecule has 0 spiro atoms. The second-order valence-corrected chi connectivity index (χ2v) is 6.46. The lowest BCUT2D eigenvalue weighted by atomic mass is 9.93. The van der Waals surface area contributed by atoms with Gasteiger partial charge in [0.05, 0.1) is 5.60 Å². The lowest BCUT2D eigenvalue weighted by Gasteiger charge is -2.36. The van der Waals surface area contributed by atoms with Gasteiger partial charge in [-0.1, -0.05) is 30.3 Å². The molecule has 1 atom stereocenters. The summed E-state index contributed by atoms with van der Waals surface area (Å²) < 4.78 is 5.75. The van der Waals surface area contributed by atoms with Crippen LogP contribution < -0.4 is 5.32 Å². The average molecular weight is 285 g/mol. The largest absolute Gasteiger partial charge is 0.508 e. The van der Waals surface area contributed by atoms with Crippen LogP contribution in [0.15, 0.2) is 36.4 Å². The molecule has 1 saturated heterocycles. The van der Waals surface area contributed by atoms with Crippen LogP contribution in [0.1, 0.15) is 32.3 Å². The zero-order valence-electron chi connectivity index (χ0n) is 12.7. The number of nitrogens with one attached hydrogen (secondary N) is 1. The van der Waals surface area contributed by atoms with Gasteiger partial charge in [-0.2, -0.15) is 0 Å². The van der Waals surface area contributed by atoms with E-state index in [1.807, 2.05) is 18.2 Å². The first-order valence-electron chi connectivity index (χ1n) is 7.62. The SMILES string of the molecule is CC1(C)CC(NCc2c(O)ccc3ccccc23)CCO1. The smallest absolute Gasteiger partial charge is 0.120 e. The van der Waals surface area contributed by atoms with Gasteiger partial charge in [-0.25, -0.2) is 0 Å². The third kappa shape index (κ3) is 3.20. The first-order chi connectivity index (χ1) is 10.1. The van der Waals surface area contributed by atoms with Crippen molar-refractivity contribution < 1.29 is 9.84 Å². The summed E-state index contributed by atoms with van der Waals surface area (Å²) in [6.07, 6.45) is 2.02. The number of rotatable bonds is 3. The minimum absolute atomic E-state index is 0.0588. The van der Waals surface area contributed by atoms with Gasteiger partial charge < -0.3 is 15.2 Å². The molecule has 2 N–H and O–H groups in total. The third-order valence-corrected chi connectivity index (χ3v) is 4.28. The number of hydrogen-bond donors (Lipinski definition) is 2. The highest BCUT2D eigenvalue weighted by Gasteiger charge is 2.28. The fourth-order valence-corrected chi connectivity index (χ4v) is 3.16. The van der Waals surface area contributed by atoms with Gasteiger partial charge >= 0.3 is 0 Å². The number of phenolic OH excluding ortho intramolecular Hbond substituents is 1. The van der Waals surface area contributed by atoms with Gasteiger partial charge in [0.1, 0.15) is 5.75 Å². The molecule has 0 bridgehead atoms. The van der Waals surface area contributed by atoms with Crippen LogP contribution in [-0.2, 0) is 11.3 Å². The number of hydrogen-bond acceptors (Lipinski definition) is 3. The summed E-state index contributed by atoms with van der Waals surface area (Å²) in [5.74, 6) is 0.368. The van der Waals surface area contributed by atoms with Crippen LogP contribution in [0, 0.1) is 0 Å².